The molecule has 29 heavy (non-hydrogen) atoms. The SMILES string of the molecule is C=CCOc1ccc(-c2nc3sc(=Cc4ccc(C(C)C)cc4)c(=O)n3n2)cc1. The molecule has 6 heteroatoms. The Kier molecular flexibility index (Phi) is 5.27. The Hall–Kier alpha value is -3.25. The van der Waals surface area contributed by atoms with Crippen molar-refractivity contribution in [3.05, 3.63) is 87.2 Å². The first-order chi connectivity index (χ1) is 14.0. The number of fused-ring (bicyclic) bond motifs is 1. The molecule has 4 aromatic rings. The van der Waals surface area contributed by atoms with Gasteiger partial charge in [0.05, 0.1) is 4.53 Å². The van der Waals surface area contributed by atoms with Crippen LogP contribution in [0.2, 0.25) is 0 Å². The van der Waals surface area contributed by atoms with Gasteiger partial charge in [-0.05, 0) is 47.4 Å². The maximum atomic E-state index is 12.7. The summed E-state index contributed by atoms with van der Waals surface area (Å²) < 4.78 is 7.48. The van der Waals surface area contributed by atoms with E-state index in [-0.39, 0.29) is 5.56 Å². The number of hydrogen-bond acceptors (Lipinski definition) is 5. The van der Waals surface area contributed by atoms with E-state index in [4.69, 9.17) is 4.74 Å². The van der Waals surface area contributed by atoms with Crippen molar-refractivity contribution in [1.82, 2.24) is 14.6 Å². The van der Waals surface area contributed by atoms with Crippen LogP contribution >= 0.6 is 11.3 Å². The zero-order chi connectivity index (χ0) is 20.4. The van der Waals surface area contributed by atoms with Gasteiger partial charge < -0.3 is 4.74 Å². The van der Waals surface area contributed by atoms with Gasteiger partial charge in [-0.2, -0.15) is 9.50 Å². The third-order valence-corrected chi connectivity index (χ3v) is 5.52. The zero-order valence-electron chi connectivity index (χ0n) is 16.3. The Balaban J connectivity index is 1.63. The van der Waals surface area contributed by atoms with Crippen LogP contribution in [0.25, 0.3) is 22.4 Å². The van der Waals surface area contributed by atoms with Crippen LogP contribution in [-0.4, -0.2) is 21.2 Å². The molecule has 0 aliphatic heterocycles. The van der Waals surface area contributed by atoms with Crippen LogP contribution in [0.1, 0.15) is 30.9 Å². The van der Waals surface area contributed by atoms with Crippen LogP contribution in [-0.2, 0) is 0 Å². The molecule has 0 bridgehead atoms. The molecule has 2 aromatic heterocycles. The second-order valence-electron chi connectivity index (χ2n) is 6.99. The van der Waals surface area contributed by atoms with Gasteiger partial charge in [0.15, 0.2) is 5.82 Å². The fourth-order valence-corrected chi connectivity index (χ4v) is 3.85. The molecule has 0 N–H and O–H groups in total. The van der Waals surface area contributed by atoms with Crippen molar-refractivity contribution in [2.75, 3.05) is 6.61 Å². The summed E-state index contributed by atoms with van der Waals surface area (Å²) in [7, 11) is 0. The number of rotatable bonds is 6. The van der Waals surface area contributed by atoms with E-state index in [2.05, 4.69) is 42.6 Å². The average molecular weight is 404 g/mol. The fourth-order valence-electron chi connectivity index (χ4n) is 2.94. The molecular formula is C23H21N3O2S. The minimum Gasteiger partial charge on any atom is -0.490 e. The first-order valence-electron chi connectivity index (χ1n) is 9.40. The maximum absolute atomic E-state index is 12.7. The summed E-state index contributed by atoms with van der Waals surface area (Å²) in [4.78, 5) is 17.8. The molecule has 0 aliphatic carbocycles. The lowest BCUT2D eigenvalue weighted by atomic mass is 10.0. The molecule has 0 spiro atoms. The van der Waals surface area contributed by atoms with Gasteiger partial charge in [-0.15, -0.1) is 5.10 Å². The van der Waals surface area contributed by atoms with E-state index in [1.165, 1.54) is 21.4 Å². The smallest absolute Gasteiger partial charge is 0.291 e. The molecule has 0 radical (unpaired) electrons. The molecule has 0 fully saturated rings. The zero-order valence-corrected chi connectivity index (χ0v) is 17.1. The lowest BCUT2D eigenvalue weighted by molar-refractivity contribution is 0.363. The molecule has 2 heterocycles. The summed E-state index contributed by atoms with van der Waals surface area (Å²) in [5, 5.41) is 4.40. The first-order valence-corrected chi connectivity index (χ1v) is 10.2. The van der Waals surface area contributed by atoms with Gasteiger partial charge in [0.25, 0.3) is 5.56 Å². The standard InChI is InChI=1S/C23H21N3O2S/c1-4-13-28-19-11-9-18(10-12-19)21-24-23-26(25-21)22(27)20(29-23)14-16-5-7-17(8-6-16)15(2)3/h4-12,14-15H,1,13H2,2-3H3. The summed E-state index contributed by atoms with van der Waals surface area (Å²) in [6.07, 6.45) is 3.58. The highest BCUT2D eigenvalue weighted by molar-refractivity contribution is 7.15. The van der Waals surface area contributed by atoms with Crippen LogP contribution < -0.4 is 14.8 Å². The Bertz CT molecular complexity index is 1250. The normalized spacial score (nSPS) is 12.0. The number of ether oxygens (including phenoxy) is 1. The van der Waals surface area contributed by atoms with Crippen molar-refractivity contribution in [3.63, 3.8) is 0 Å². The molecule has 4 rings (SSSR count). The molecule has 0 unspecified atom stereocenters. The van der Waals surface area contributed by atoms with Gasteiger partial charge in [-0.3, -0.25) is 4.79 Å². The van der Waals surface area contributed by atoms with Gasteiger partial charge in [0, 0.05) is 5.56 Å². The molecule has 0 amide bonds. The summed E-state index contributed by atoms with van der Waals surface area (Å²) in [5.41, 5.74) is 2.95. The molecule has 2 aromatic carbocycles. The molecule has 5 nitrogen and oxygen atoms in total. The number of hydrogen-bond donors (Lipinski definition) is 0. The van der Waals surface area contributed by atoms with Crippen molar-refractivity contribution in [2.24, 2.45) is 0 Å². The van der Waals surface area contributed by atoms with E-state index in [1.807, 2.05) is 42.5 Å². The summed E-state index contributed by atoms with van der Waals surface area (Å²) in [6, 6.07) is 15.7. The van der Waals surface area contributed by atoms with Crippen molar-refractivity contribution in [1.29, 1.82) is 0 Å². The molecule has 0 saturated heterocycles. The predicted molar refractivity (Wildman–Crippen MR) is 118 cm³/mol. The Morgan fingerprint density at radius 3 is 2.48 bits per heavy atom. The van der Waals surface area contributed by atoms with Gasteiger partial charge in [0.2, 0.25) is 4.96 Å². The highest BCUT2D eigenvalue weighted by Crippen LogP contribution is 2.20. The van der Waals surface area contributed by atoms with Gasteiger partial charge in [0.1, 0.15) is 12.4 Å². The number of thiazole rings is 1. The van der Waals surface area contributed by atoms with Gasteiger partial charge in [-0.25, -0.2) is 0 Å². The van der Waals surface area contributed by atoms with Crippen molar-refractivity contribution < 1.29 is 4.74 Å². The number of nitrogens with zero attached hydrogens (tertiary/aromatic N) is 3. The summed E-state index contributed by atoms with van der Waals surface area (Å²) in [6.45, 7) is 8.41. The van der Waals surface area contributed by atoms with E-state index in [0.29, 0.717) is 27.8 Å². The monoisotopic (exact) mass is 403 g/mol. The highest BCUT2D eigenvalue weighted by Gasteiger charge is 2.12. The van der Waals surface area contributed by atoms with Gasteiger partial charge >= 0.3 is 0 Å². The lowest BCUT2D eigenvalue weighted by Crippen LogP contribution is -2.23. The van der Waals surface area contributed by atoms with E-state index >= 15 is 0 Å². The number of aromatic nitrogens is 3. The largest absolute Gasteiger partial charge is 0.490 e. The van der Waals surface area contributed by atoms with Crippen LogP contribution in [0.5, 0.6) is 5.75 Å². The first kappa shape index (κ1) is 19.1. The second-order valence-corrected chi connectivity index (χ2v) is 8.00. The average Bonchev–Trinajstić information content (AvgIpc) is 3.27. The number of benzene rings is 2. The molecule has 0 saturated carbocycles. The van der Waals surface area contributed by atoms with Crippen LogP contribution in [0, 0.1) is 0 Å². The lowest BCUT2D eigenvalue weighted by Gasteiger charge is -2.04. The van der Waals surface area contributed by atoms with E-state index in [0.717, 1.165) is 16.9 Å². The summed E-state index contributed by atoms with van der Waals surface area (Å²) in [5.74, 6) is 1.76. The molecule has 0 atom stereocenters. The maximum Gasteiger partial charge on any atom is 0.291 e. The minimum atomic E-state index is -0.150. The molecular weight excluding hydrogens is 382 g/mol. The topological polar surface area (TPSA) is 56.5 Å². The Morgan fingerprint density at radius 2 is 1.86 bits per heavy atom. The molecule has 146 valence electrons. The fraction of sp³-hybridized carbons (Fsp3) is 0.174. The van der Waals surface area contributed by atoms with Crippen LogP contribution in [0.4, 0.5) is 0 Å². The van der Waals surface area contributed by atoms with Crippen molar-refractivity contribution >= 4 is 22.4 Å². The third kappa shape index (κ3) is 3.98. The highest BCUT2D eigenvalue weighted by atomic mass is 32.1. The quantitative estimate of drug-likeness (QED) is 0.456. The van der Waals surface area contributed by atoms with Gasteiger partial charge in [-0.1, -0.05) is 62.1 Å². The van der Waals surface area contributed by atoms with Crippen LogP contribution in [0.3, 0.4) is 0 Å². The summed E-state index contributed by atoms with van der Waals surface area (Å²) >= 11 is 1.34. The Morgan fingerprint density at radius 1 is 1.14 bits per heavy atom. The molecule has 0 aliphatic rings. The van der Waals surface area contributed by atoms with E-state index in [1.54, 1.807) is 6.08 Å². The minimum absolute atomic E-state index is 0.150. The van der Waals surface area contributed by atoms with Crippen LogP contribution in [0.15, 0.2) is 66.0 Å². The van der Waals surface area contributed by atoms with Crippen molar-refractivity contribution in [3.8, 4) is 17.1 Å². The Labute approximate surface area is 172 Å². The van der Waals surface area contributed by atoms with E-state index < -0.39 is 0 Å². The predicted octanol–water partition coefficient (Wildman–Crippen LogP) is 4.05. The van der Waals surface area contributed by atoms with Crippen molar-refractivity contribution in [2.45, 2.75) is 19.8 Å². The third-order valence-electron chi connectivity index (χ3n) is 4.56. The van der Waals surface area contributed by atoms with E-state index in [9.17, 15) is 4.79 Å². The second kappa shape index (κ2) is 8.01.